The summed E-state index contributed by atoms with van der Waals surface area (Å²) in [5, 5.41) is 13.1. The second-order valence-electron chi connectivity index (χ2n) is 6.49. The molecule has 0 spiro atoms. The molecule has 0 amide bonds. The molecule has 1 aliphatic carbocycles. The second kappa shape index (κ2) is 7.68. The minimum absolute atomic E-state index is 0.354. The Morgan fingerprint density at radius 2 is 1.85 bits per heavy atom. The van der Waals surface area contributed by atoms with Gasteiger partial charge in [0.05, 0.1) is 0 Å². The van der Waals surface area contributed by atoms with Crippen LogP contribution in [-0.4, -0.2) is 17.2 Å². The maximum atomic E-state index is 9.29. The maximum absolute atomic E-state index is 9.29. The zero-order valence-corrected chi connectivity index (χ0v) is 12.9. The van der Waals surface area contributed by atoms with E-state index in [2.05, 4.69) is 19.2 Å². The molecule has 2 rings (SSSR count). The molecule has 0 bridgehead atoms. The zero-order chi connectivity index (χ0) is 14.4. The van der Waals surface area contributed by atoms with Crippen molar-refractivity contribution in [2.75, 3.05) is 0 Å². The molecule has 112 valence electrons. The molecule has 0 aromatic heterocycles. The van der Waals surface area contributed by atoms with Crippen molar-refractivity contribution in [2.45, 2.75) is 70.9 Å². The zero-order valence-electron chi connectivity index (χ0n) is 12.9. The molecule has 1 aliphatic rings. The van der Waals surface area contributed by atoms with Gasteiger partial charge in [0.15, 0.2) is 0 Å². The number of phenolic OH excluding ortho intramolecular Hbond substituents is 1. The molecule has 2 nitrogen and oxygen atoms in total. The first-order valence-corrected chi connectivity index (χ1v) is 8.19. The molecule has 2 heteroatoms. The molecule has 1 saturated carbocycles. The fourth-order valence-electron chi connectivity index (χ4n) is 3.24. The molecule has 3 unspecified atom stereocenters. The molecule has 1 aromatic carbocycles. The van der Waals surface area contributed by atoms with E-state index in [4.69, 9.17) is 0 Å². The molecule has 0 aliphatic heterocycles. The van der Waals surface area contributed by atoms with Crippen LogP contribution in [0.25, 0.3) is 0 Å². The van der Waals surface area contributed by atoms with E-state index in [-0.39, 0.29) is 0 Å². The number of aryl methyl sites for hydroxylation is 1. The van der Waals surface area contributed by atoms with E-state index in [9.17, 15) is 5.11 Å². The van der Waals surface area contributed by atoms with Crippen LogP contribution in [0.15, 0.2) is 24.3 Å². The van der Waals surface area contributed by atoms with Gasteiger partial charge in [-0.3, -0.25) is 0 Å². The summed E-state index contributed by atoms with van der Waals surface area (Å²) in [7, 11) is 0. The fourth-order valence-corrected chi connectivity index (χ4v) is 3.24. The lowest BCUT2D eigenvalue weighted by Crippen LogP contribution is -2.40. The predicted molar refractivity (Wildman–Crippen MR) is 85.1 cm³/mol. The van der Waals surface area contributed by atoms with E-state index >= 15 is 0 Å². The monoisotopic (exact) mass is 275 g/mol. The number of benzene rings is 1. The van der Waals surface area contributed by atoms with Crippen LogP contribution in [0.2, 0.25) is 0 Å². The lowest BCUT2D eigenvalue weighted by Gasteiger charge is -2.27. The highest BCUT2D eigenvalue weighted by molar-refractivity contribution is 5.25. The maximum Gasteiger partial charge on any atom is 0.115 e. The van der Waals surface area contributed by atoms with Gasteiger partial charge in [0.1, 0.15) is 5.75 Å². The Morgan fingerprint density at radius 3 is 2.60 bits per heavy atom. The Labute approximate surface area is 123 Å². The summed E-state index contributed by atoms with van der Waals surface area (Å²) in [5.41, 5.74) is 1.31. The van der Waals surface area contributed by atoms with Crippen molar-refractivity contribution in [2.24, 2.45) is 5.92 Å². The lowest BCUT2D eigenvalue weighted by atomic mass is 9.95. The van der Waals surface area contributed by atoms with E-state index in [1.807, 2.05) is 12.1 Å². The molecule has 0 radical (unpaired) electrons. The van der Waals surface area contributed by atoms with Crippen molar-refractivity contribution in [1.29, 1.82) is 0 Å². The first kappa shape index (κ1) is 15.4. The van der Waals surface area contributed by atoms with Gasteiger partial charge < -0.3 is 10.4 Å². The van der Waals surface area contributed by atoms with Gasteiger partial charge in [-0.2, -0.15) is 0 Å². The highest BCUT2D eigenvalue weighted by Gasteiger charge is 2.20. The lowest BCUT2D eigenvalue weighted by molar-refractivity contribution is 0.320. The SMILES string of the molecule is CC(CCc1ccc(O)cc1)NC1CCCCCC1C. The van der Waals surface area contributed by atoms with Crippen LogP contribution in [0.4, 0.5) is 0 Å². The van der Waals surface area contributed by atoms with Crippen molar-refractivity contribution >= 4 is 0 Å². The van der Waals surface area contributed by atoms with E-state index in [0.717, 1.165) is 18.8 Å². The Bertz CT molecular complexity index is 387. The first-order valence-electron chi connectivity index (χ1n) is 8.19. The van der Waals surface area contributed by atoms with Crippen LogP contribution < -0.4 is 5.32 Å². The molecule has 0 heterocycles. The topological polar surface area (TPSA) is 32.3 Å². The summed E-state index contributed by atoms with van der Waals surface area (Å²) in [6.07, 6.45) is 9.15. The summed E-state index contributed by atoms with van der Waals surface area (Å²) in [5.74, 6) is 1.17. The molecular weight excluding hydrogens is 246 g/mol. The largest absolute Gasteiger partial charge is 0.508 e. The summed E-state index contributed by atoms with van der Waals surface area (Å²) in [6.45, 7) is 4.70. The van der Waals surface area contributed by atoms with E-state index in [1.165, 1.54) is 37.7 Å². The molecule has 3 atom stereocenters. The van der Waals surface area contributed by atoms with Crippen molar-refractivity contribution in [1.82, 2.24) is 5.32 Å². The number of rotatable bonds is 5. The molecule has 20 heavy (non-hydrogen) atoms. The van der Waals surface area contributed by atoms with Gasteiger partial charge in [0.2, 0.25) is 0 Å². The second-order valence-corrected chi connectivity index (χ2v) is 6.49. The smallest absolute Gasteiger partial charge is 0.115 e. The third-order valence-electron chi connectivity index (χ3n) is 4.66. The van der Waals surface area contributed by atoms with Crippen LogP contribution in [-0.2, 0) is 6.42 Å². The van der Waals surface area contributed by atoms with E-state index in [0.29, 0.717) is 17.8 Å². The number of hydrogen-bond donors (Lipinski definition) is 2. The number of aromatic hydroxyl groups is 1. The highest BCUT2D eigenvalue weighted by atomic mass is 16.3. The Morgan fingerprint density at radius 1 is 1.15 bits per heavy atom. The molecule has 0 saturated heterocycles. The van der Waals surface area contributed by atoms with E-state index in [1.54, 1.807) is 12.1 Å². The molecule has 2 N–H and O–H groups in total. The summed E-state index contributed by atoms with van der Waals surface area (Å²) >= 11 is 0. The Hall–Kier alpha value is -1.02. The van der Waals surface area contributed by atoms with Crippen LogP contribution in [0.5, 0.6) is 5.75 Å². The third-order valence-corrected chi connectivity index (χ3v) is 4.66. The van der Waals surface area contributed by atoms with Gasteiger partial charge in [0.25, 0.3) is 0 Å². The number of nitrogens with one attached hydrogen (secondary N) is 1. The average molecular weight is 275 g/mol. The van der Waals surface area contributed by atoms with Gasteiger partial charge in [-0.25, -0.2) is 0 Å². The quantitative estimate of drug-likeness (QED) is 0.786. The van der Waals surface area contributed by atoms with E-state index < -0.39 is 0 Å². The summed E-state index contributed by atoms with van der Waals surface area (Å²) in [6, 6.07) is 8.87. The van der Waals surface area contributed by atoms with Crippen LogP contribution in [0.3, 0.4) is 0 Å². The van der Waals surface area contributed by atoms with Crippen LogP contribution in [0, 0.1) is 5.92 Å². The Kier molecular flexibility index (Phi) is 5.90. The molecular formula is C18H29NO. The highest BCUT2D eigenvalue weighted by Crippen LogP contribution is 2.23. The standard InChI is InChI=1S/C18H29NO/c1-14-6-4-3-5-7-18(14)19-15(2)8-9-16-10-12-17(20)13-11-16/h10-15,18-20H,3-9H2,1-2H3. The Balaban J connectivity index is 1.76. The van der Waals surface area contributed by atoms with Crippen molar-refractivity contribution < 1.29 is 5.11 Å². The predicted octanol–water partition coefficient (Wildman–Crippen LogP) is 4.27. The van der Waals surface area contributed by atoms with Gasteiger partial charge >= 0.3 is 0 Å². The minimum atomic E-state index is 0.354. The van der Waals surface area contributed by atoms with Gasteiger partial charge in [-0.15, -0.1) is 0 Å². The third kappa shape index (κ3) is 4.82. The molecule has 1 aromatic rings. The van der Waals surface area contributed by atoms with Gasteiger partial charge in [-0.1, -0.05) is 38.3 Å². The van der Waals surface area contributed by atoms with Crippen LogP contribution in [0.1, 0.15) is 57.9 Å². The fraction of sp³-hybridized carbons (Fsp3) is 0.667. The van der Waals surface area contributed by atoms with Crippen molar-refractivity contribution in [3.8, 4) is 5.75 Å². The number of hydrogen-bond acceptors (Lipinski definition) is 2. The van der Waals surface area contributed by atoms with Gasteiger partial charge in [-0.05, 0) is 56.2 Å². The number of phenols is 1. The minimum Gasteiger partial charge on any atom is -0.508 e. The first-order chi connectivity index (χ1) is 9.65. The summed E-state index contributed by atoms with van der Waals surface area (Å²) < 4.78 is 0. The van der Waals surface area contributed by atoms with Crippen LogP contribution >= 0.6 is 0 Å². The average Bonchev–Trinajstić information content (AvgIpc) is 2.64. The van der Waals surface area contributed by atoms with Crippen molar-refractivity contribution in [3.05, 3.63) is 29.8 Å². The summed E-state index contributed by atoms with van der Waals surface area (Å²) in [4.78, 5) is 0. The molecule has 1 fully saturated rings. The normalized spacial score (nSPS) is 25.1. The van der Waals surface area contributed by atoms with Gasteiger partial charge in [0, 0.05) is 12.1 Å². The van der Waals surface area contributed by atoms with Crippen molar-refractivity contribution in [3.63, 3.8) is 0 Å².